The molecule has 1 aromatic rings. The Bertz CT molecular complexity index is 1090. The lowest BCUT2D eigenvalue weighted by Gasteiger charge is -2.28. The van der Waals surface area contributed by atoms with Crippen molar-refractivity contribution in [3.63, 3.8) is 0 Å². The molecule has 0 aromatic heterocycles. The minimum atomic E-state index is -0.667. The Morgan fingerprint density at radius 2 is 1.20 bits per heavy atom. The maximum Gasteiger partial charge on any atom is 0.329 e. The zero-order valence-corrected chi connectivity index (χ0v) is 24.6. The number of ether oxygens (including phenoxy) is 5. The molecule has 2 amide bonds. The van der Waals surface area contributed by atoms with Crippen molar-refractivity contribution in [1.29, 1.82) is 0 Å². The topological polar surface area (TPSA) is 121 Å². The Morgan fingerprint density at radius 3 is 1.65 bits per heavy atom. The summed E-state index contributed by atoms with van der Waals surface area (Å²) in [5, 5.41) is 0. The van der Waals surface area contributed by atoms with Crippen LogP contribution in [0, 0.1) is 0 Å². The molecule has 0 radical (unpaired) electrons. The molecule has 222 valence electrons. The summed E-state index contributed by atoms with van der Waals surface area (Å²) >= 11 is 0. The van der Waals surface area contributed by atoms with Gasteiger partial charge in [-0.1, -0.05) is 6.07 Å². The molecule has 2 heterocycles. The van der Waals surface area contributed by atoms with Gasteiger partial charge >= 0.3 is 11.9 Å². The minimum Gasteiger partial charge on any atom is -0.493 e. The molecule has 2 atom stereocenters. The number of nitrogens with zero attached hydrogens (tertiary/aromatic N) is 2. The second kappa shape index (κ2) is 12.8. The van der Waals surface area contributed by atoms with Gasteiger partial charge in [0.05, 0.1) is 7.11 Å². The fourth-order valence-corrected chi connectivity index (χ4v) is 4.71. The molecular weight excluding hydrogens is 520 g/mol. The Kier molecular flexibility index (Phi) is 9.92. The lowest BCUT2D eigenvalue weighted by molar-refractivity contribution is -0.164. The van der Waals surface area contributed by atoms with Crippen molar-refractivity contribution in [1.82, 2.24) is 9.80 Å². The number of rotatable bonds is 9. The van der Waals surface area contributed by atoms with Crippen LogP contribution in [0.4, 0.5) is 0 Å². The average molecular weight is 563 g/mol. The van der Waals surface area contributed by atoms with Crippen LogP contribution in [0.1, 0.15) is 67.2 Å². The molecule has 0 saturated carbocycles. The summed E-state index contributed by atoms with van der Waals surface area (Å²) in [6.45, 7) is 10.8. The monoisotopic (exact) mass is 562 g/mol. The number of amides is 2. The molecule has 1 aromatic carbocycles. The molecule has 40 heavy (non-hydrogen) atoms. The van der Waals surface area contributed by atoms with E-state index in [0.29, 0.717) is 44.5 Å². The van der Waals surface area contributed by atoms with Crippen molar-refractivity contribution in [2.24, 2.45) is 0 Å². The van der Waals surface area contributed by atoms with Crippen LogP contribution < -0.4 is 14.2 Å². The highest BCUT2D eigenvalue weighted by atomic mass is 16.6. The van der Waals surface area contributed by atoms with E-state index in [0.717, 1.165) is 0 Å². The van der Waals surface area contributed by atoms with Crippen molar-refractivity contribution < 1.29 is 42.9 Å². The maximum atomic E-state index is 13.1. The quantitative estimate of drug-likeness (QED) is 0.418. The van der Waals surface area contributed by atoms with E-state index in [1.807, 2.05) is 0 Å². The van der Waals surface area contributed by atoms with Crippen LogP contribution in [-0.2, 0) is 28.7 Å². The van der Waals surface area contributed by atoms with Crippen molar-refractivity contribution in [3.05, 3.63) is 18.2 Å². The number of benzene rings is 1. The van der Waals surface area contributed by atoms with Gasteiger partial charge in [-0.3, -0.25) is 9.59 Å². The molecular formula is C29H42N2O9. The van der Waals surface area contributed by atoms with Crippen molar-refractivity contribution in [3.8, 4) is 17.2 Å². The number of hydrogen-bond acceptors (Lipinski definition) is 9. The molecule has 2 fully saturated rings. The van der Waals surface area contributed by atoms with Gasteiger partial charge in [0.15, 0.2) is 24.7 Å². The third-order valence-electron chi connectivity index (χ3n) is 6.36. The van der Waals surface area contributed by atoms with Crippen LogP contribution in [0.15, 0.2) is 18.2 Å². The van der Waals surface area contributed by atoms with E-state index in [2.05, 4.69) is 0 Å². The standard InChI is InChI=1S/C29H42N2O9/c1-28(2,3)39-26(34)19-11-9-15-30(19)23(32)17-37-22-14-8-13-21(36-7)25(22)38-18-24(33)31-16-10-12-20(31)27(35)40-29(4,5)6/h8,13-14,19-20H,9-12,15-18H2,1-7H3/t19?,20-/m1/s1. The smallest absolute Gasteiger partial charge is 0.329 e. The summed E-state index contributed by atoms with van der Waals surface area (Å²) < 4.78 is 28.0. The third kappa shape index (κ3) is 8.25. The highest BCUT2D eigenvalue weighted by Crippen LogP contribution is 2.37. The van der Waals surface area contributed by atoms with Gasteiger partial charge in [0, 0.05) is 13.1 Å². The number of methoxy groups -OCH3 is 1. The van der Waals surface area contributed by atoms with Crippen LogP contribution in [0.25, 0.3) is 0 Å². The molecule has 0 aliphatic carbocycles. The first kappa shape index (κ1) is 31.0. The fraction of sp³-hybridized carbons (Fsp3) is 0.655. The Morgan fingerprint density at radius 1 is 0.750 bits per heavy atom. The summed E-state index contributed by atoms with van der Waals surface area (Å²) in [5.41, 5.74) is -1.31. The number of esters is 2. The molecule has 0 bridgehead atoms. The van der Waals surface area contributed by atoms with E-state index in [4.69, 9.17) is 23.7 Å². The predicted molar refractivity (Wildman–Crippen MR) is 145 cm³/mol. The molecule has 3 rings (SSSR count). The van der Waals surface area contributed by atoms with Gasteiger partial charge in [-0.25, -0.2) is 9.59 Å². The van der Waals surface area contributed by atoms with Crippen molar-refractivity contribution in [2.75, 3.05) is 33.4 Å². The zero-order valence-electron chi connectivity index (χ0n) is 24.6. The van der Waals surface area contributed by atoms with E-state index in [-0.39, 0.29) is 36.5 Å². The summed E-state index contributed by atoms with van der Waals surface area (Å²) in [4.78, 5) is 54.3. The molecule has 11 heteroatoms. The largest absolute Gasteiger partial charge is 0.493 e. The Hall–Kier alpha value is -3.50. The Labute approximate surface area is 236 Å². The lowest BCUT2D eigenvalue weighted by Crippen LogP contribution is -2.45. The minimum absolute atomic E-state index is 0.157. The first-order valence-corrected chi connectivity index (χ1v) is 13.7. The molecule has 2 aliphatic heterocycles. The van der Waals surface area contributed by atoms with Gasteiger partial charge in [-0.05, 0) is 79.4 Å². The first-order valence-electron chi connectivity index (χ1n) is 13.7. The molecule has 11 nitrogen and oxygen atoms in total. The molecule has 2 aliphatic rings. The van der Waals surface area contributed by atoms with Crippen LogP contribution in [0.3, 0.4) is 0 Å². The summed E-state index contributed by atoms with van der Waals surface area (Å²) in [5.74, 6) is -0.939. The normalized spacial score (nSPS) is 19.3. The van der Waals surface area contributed by atoms with Crippen LogP contribution in [-0.4, -0.2) is 90.3 Å². The molecule has 1 unspecified atom stereocenters. The summed E-state index contributed by atoms with van der Waals surface area (Å²) in [7, 11) is 1.45. The number of para-hydroxylation sites is 1. The number of carbonyl (C=O) groups is 4. The van der Waals surface area contributed by atoms with E-state index < -0.39 is 35.2 Å². The van der Waals surface area contributed by atoms with Gasteiger partial charge in [0.25, 0.3) is 11.8 Å². The first-order chi connectivity index (χ1) is 18.7. The van der Waals surface area contributed by atoms with Crippen LogP contribution in [0.2, 0.25) is 0 Å². The summed E-state index contributed by atoms with van der Waals surface area (Å²) in [6.07, 6.45) is 2.41. The molecule has 0 spiro atoms. The number of likely N-dealkylation sites (tertiary alicyclic amines) is 2. The molecule has 0 N–H and O–H groups in total. The second-order valence-corrected chi connectivity index (χ2v) is 11.9. The predicted octanol–water partition coefficient (Wildman–Crippen LogP) is 3.12. The highest BCUT2D eigenvalue weighted by Gasteiger charge is 2.38. The number of hydrogen-bond donors (Lipinski definition) is 0. The Balaban J connectivity index is 1.65. The maximum absolute atomic E-state index is 13.1. The van der Waals surface area contributed by atoms with E-state index >= 15 is 0 Å². The average Bonchev–Trinajstić information content (AvgIpc) is 3.54. The van der Waals surface area contributed by atoms with E-state index in [1.165, 1.54) is 16.9 Å². The van der Waals surface area contributed by atoms with Gasteiger partial charge in [-0.15, -0.1) is 0 Å². The van der Waals surface area contributed by atoms with Crippen molar-refractivity contribution in [2.45, 2.75) is 90.5 Å². The third-order valence-corrected chi connectivity index (χ3v) is 6.36. The summed E-state index contributed by atoms with van der Waals surface area (Å²) in [6, 6.07) is 3.59. The zero-order chi connectivity index (χ0) is 29.7. The van der Waals surface area contributed by atoms with Gasteiger partial charge in [0.2, 0.25) is 5.75 Å². The number of carbonyl (C=O) groups excluding carboxylic acids is 4. The fourth-order valence-electron chi connectivity index (χ4n) is 4.71. The van der Waals surface area contributed by atoms with Gasteiger partial charge < -0.3 is 33.5 Å². The second-order valence-electron chi connectivity index (χ2n) is 11.9. The SMILES string of the molecule is COc1cccc(OCC(=O)N2CCCC2C(=O)OC(C)(C)C)c1OCC(=O)N1CCC[C@@H]1C(=O)OC(C)(C)C. The van der Waals surface area contributed by atoms with Crippen LogP contribution in [0.5, 0.6) is 17.2 Å². The van der Waals surface area contributed by atoms with Crippen molar-refractivity contribution >= 4 is 23.8 Å². The highest BCUT2D eigenvalue weighted by molar-refractivity contribution is 5.87. The van der Waals surface area contributed by atoms with Gasteiger partial charge in [-0.2, -0.15) is 0 Å². The van der Waals surface area contributed by atoms with Crippen LogP contribution >= 0.6 is 0 Å². The van der Waals surface area contributed by atoms with Gasteiger partial charge in [0.1, 0.15) is 23.3 Å². The lowest BCUT2D eigenvalue weighted by atomic mass is 10.1. The molecule has 2 saturated heterocycles. The van der Waals surface area contributed by atoms with E-state index in [9.17, 15) is 19.2 Å². The van der Waals surface area contributed by atoms with E-state index in [1.54, 1.807) is 59.7 Å².